The van der Waals surface area contributed by atoms with Crippen LogP contribution in [0.3, 0.4) is 0 Å². The first-order valence-corrected chi connectivity index (χ1v) is 5.28. The lowest BCUT2D eigenvalue weighted by Crippen LogP contribution is -2.18. The van der Waals surface area contributed by atoms with Crippen LogP contribution in [-0.2, 0) is 6.54 Å². The predicted octanol–water partition coefficient (Wildman–Crippen LogP) is 3.27. The van der Waals surface area contributed by atoms with E-state index in [0.717, 1.165) is 23.7 Å². The number of nitrogens with one attached hydrogen (secondary N) is 1. The normalized spacial score (nSPS) is 10.9. The van der Waals surface area contributed by atoms with Crippen LogP contribution in [0.15, 0.2) is 18.2 Å². The van der Waals surface area contributed by atoms with Crippen molar-refractivity contribution in [3.63, 3.8) is 0 Å². The standard InChI is InChI=1S/C12H17ClN/c1-9(2)7-14-8-11-4-10(3)5-12(13)6-11/h4-6,9,14H,3,7-8H2,1-2H3. The van der Waals surface area contributed by atoms with Gasteiger partial charge < -0.3 is 5.32 Å². The number of hydrogen-bond donors (Lipinski definition) is 1. The largest absolute Gasteiger partial charge is 0.312 e. The monoisotopic (exact) mass is 210 g/mol. The molecule has 0 saturated carbocycles. The van der Waals surface area contributed by atoms with Crippen molar-refractivity contribution in [2.24, 2.45) is 5.92 Å². The molecule has 0 aliphatic carbocycles. The fraction of sp³-hybridized carbons (Fsp3) is 0.417. The maximum Gasteiger partial charge on any atom is 0.0411 e. The van der Waals surface area contributed by atoms with Crippen LogP contribution in [0.1, 0.15) is 25.0 Å². The molecule has 14 heavy (non-hydrogen) atoms. The summed E-state index contributed by atoms with van der Waals surface area (Å²) in [6.07, 6.45) is 0. The molecule has 0 aliphatic rings. The highest BCUT2D eigenvalue weighted by Crippen LogP contribution is 2.14. The Labute approximate surface area is 91.5 Å². The van der Waals surface area contributed by atoms with Crippen LogP contribution in [0.5, 0.6) is 0 Å². The third-order valence-electron chi connectivity index (χ3n) is 1.90. The summed E-state index contributed by atoms with van der Waals surface area (Å²) in [4.78, 5) is 0. The van der Waals surface area contributed by atoms with Gasteiger partial charge in [-0.2, -0.15) is 0 Å². The third kappa shape index (κ3) is 4.12. The summed E-state index contributed by atoms with van der Waals surface area (Å²) < 4.78 is 0. The SMILES string of the molecule is [CH2]c1cc(Cl)cc(CNCC(C)C)c1. The summed E-state index contributed by atoms with van der Waals surface area (Å²) in [6, 6.07) is 5.90. The lowest BCUT2D eigenvalue weighted by molar-refractivity contribution is 0.552. The Balaban J connectivity index is 2.50. The van der Waals surface area contributed by atoms with Crippen LogP contribution < -0.4 is 5.32 Å². The Hall–Kier alpha value is -0.530. The number of rotatable bonds is 4. The zero-order chi connectivity index (χ0) is 10.6. The minimum absolute atomic E-state index is 0.674. The molecule has 0 amide bonds. The van der Waals surface area contributed by atoms with Crippen molar-refractivity contribution in [3.8, 4) is 0 Å². The van der Waals surface area contributed by atoms with Crippen molar-refractivity contribution in [1.29, 1.82) is 0 Å². The van der Waals surface area contributed by atoms with Gasteiger partial charge in [0.15, 0.2) is 0 Å². The topological polar surface area (TPSA) is 12.0 Å². The Kier molecular flexibility index (Phi) is 4.43. The third-order valence-corrected chi connectivity index (χ3v) is 2.12. The number of benzene rings is 1. The van der Waals surface area contributed by atoms with Crippen LogP contribution >= 0.6 is 11.6 Å². The van der Waals surface area contributed by atoms with Gasteiger partial charge in [0.25, 0.3) is 0 Å². The van der Waals surface area contributed by atoms with E-state index in [4.69, 9.17) is 11.6 Å². The summed E-state index contributed by atoms with van der Waals surface area (Å²) >= 11 is 5.92. The zero-order valence-electron chi connectivity index (χ0n) is 8.81. The molecule has 0 bridgehead atoms. The van der Waals surface area contributed by atoms with Gasteiger partial charge in [-0.25, -0.2) is 0 Å². The molecule has 1 nitrogen and oxygen atoms in total. The summed E-state index contributed by atoms with van der Waals surface area (Å²) in [6.45, 7) is 10.1. The van der Waals surface area contributed by atoms with Crippen LogP contribution in [0.25, 0.3) is 0 Å². The maximum atomic E-state index is 5.92. The van der Waals surface area contributed by atoms with E-state index in [-0.39, 0.29) is 0 Å². The first kappa shape index (κ1) is 11.5. The number of hydrogen-bond acceptors (Lipinski definition) is 1. The first-order chi connectivity index (χ1) is 6.58. The van der Waals surface area contributed by atoms with Crippen molar-refractivity contribution in [2.45, 2.75) is 20.4 Å². The maximum absolute atomic E-state index is 5.92. The zero-order valence-corrected chi connectivity index (χ0v) is 9.56. The molecule has 0 spiro atoms. The molecule has 0 saturated heterocycles. The quantitative estimate of drug-likeness (QED) is 0.805. The second-order valence-electron chi connectivity index (χ2n) is 3.99. The number of halogens is 1. The highest BCUT2D eigenvalue weighted by atomic mass is 35.5. The van der Waals surface area contributed by atoms with Crippen molar-refractivity contribution < 1.29 is 0 Å². The second kappa shape index (κ2) is 5.38. The fourth-order valence-electron chi connectivity index (χ4n) is 1.32. The van der Waals surface area contributed by atoms with E-state index >= 15 is 0 Å². The predicted molar refractivity (Wildman–Crippen MR) is 62.5 cm³/mol. The molecule has 1 aromatic carbocycles. The van der Waals surface area contributed by atoms with Crippen LogP contribution in [0, 0.1) is 12.8 Å². The van der Waals surface area contributed by atoms with E-state index in [1.54, 1.807) is 0 Å². The van der Waals surface area contributed by atoms with Crippen molar-refractivity contribution >= 4 is 11.6 Å². The van der Waals surface area contributed by atoms with E-state index in [9.17, 15) is 0 Å². The summed E-state index contributed by atoms with van der Waals surface area (Å²) in [5.41, 5.74) is 2.17. The molecular formula is C12H17ClN. The van der Waals surface area contributed by atoms with Crippen molar-refractivity contribution in [2.75, 3.05) is 6.54 Å². The van der Waals surface area contributed by atoms with Gasteiger partial charge in [-0.15, -0.1) is 0 Å². The van der Waals surface area contributed by atoms with Gasteiger partial charge in [-0.3, -0.25) is 0 Å². The lowest BCUT2D eigenvalue weighted by atomic mass is 10.1. The van der Waals surface area contributed by atoms with Crippen LogP contribution in [0.4, 0.5) is 0 Å². The molecule has 1 aromatic rings. The van der Waals surface area contributed by atoms with Gasteiger partial charge >= 0.3 is 0 Å². The molecular weight excluding hydrogens is 194 g/mol. The van der Waals surface area contributed by atoms with Gasteiger partial charge in [0.05, 0.1) is 0 Å². The molecule has 1 N–H and O–H groups in total. The molecule has 0 unspecified atom stereocenters. The first-order valence-electron chi connectivity index (χ1n) is 4.90. The van der Waals surface area contributed by atoms with Crippen molar-refractivity contribution in [1.82, 2.24) is 5.32 Å². The summed E-state index contributed by atoms with van der Waals surface area (Å²) in [5, 5.41) is 4.13. The average molecular weight is 211 g/mol. The molecule has 0 atom stereocenters. The van der Waals surface area contributed by atoms with Crippen LogP contribution in [0.2, 0.25) is 5.02 Å². The van der Waals surface area contributed by atoms with E-state index in [1.807, 2.05) is 12.1 Å². The van der Waals surface area contributed by atoms with E-state index in [1.165, 1.54) is 5.56 Å². The van der Waals surface area contributed by atoms with Gasteiger partial charge in [-0.1, -0.05) is 31.5 Å². The Morgan fingerprint density at radius 1 is 1.36 bits per heavy atom. The van der Waals surface area contributed by atoms with Gasteiger partial charge in [0.1, 0.15) is 0 Å². The van der Waals surface area contributed by atoms with E-state index in [0.29, 0.717) is 5.92 Å². The Bertz CT molecular complexity index is 274. The minimum atomic E-state index is 0.674. The van der Waals surface area contributed by atoms with E-state index < -0.39 is 0 Å². The highest BCUT2D eigenvalue weighted by molar-refractivity contribution is 6.30. The smallest absolute Gasteiger partial charge is 0.0411 e. The Morgan fingerprint density at radius 3 is 2.64 bits per heavy atom. The molecule has 0 fully saturated rings. The molecule has 77 valence electrons. The van der Waals surface area contributed by atoms with Gasteiger partial charge in [-0.05, 0) is 42.6 Å². The van der Waals surface area contributed by atoms with E-state index in [2.05, 4.69) is 32.2 Å². The van der Waals surface area contributed by atoms with Crippen LogP contribution in [-0.4, -0.2) is 6.54 Å². The van der Waals surface area contributed by atoms with Gasteiger partial charge in [0.2, 0.25) is 0 Å². The molecule has 0 heterocycles. The summed E-state index contributed by atoms with van der Waals surface area (Å²) in [7, 11) is 0. The lowest BCUT2D eigenvalue weighted by Gasteiger charge is -2.08. The molecule has 0 aromatic heterocycles. The molecule has 1 rings (SSSR count). The van der Waals surface area contributed by atoms with Gasteiger partial charge in [0, 0.05) is 11.6 Å². The fourth-order valence-corrected chi connectivity index (χ4v) is 1.60. The Morgan fingerprint density at radius 2 is 2.07 bits per heavy atom. The average Bonchev–Trinajstić information content (AvgIpc) is 2.01. The minimum Gasteiger partial charge on any atom is -0.312 e. The van der Waals surface area contributed by atoms with Crippen molar-refractivity contribution in [3.05, 3.63) is 41.3 Å². The second-order valence-corrected chi connectivity index (χ2v) is 4.43. The molecule has 0 aliphatic heterocycles. The summed E-state index contributed by atoms with van der Waals surface area (Å²) in [5.74, 6) is 0.674. The highest BCUT2D eigenvalue weighted by Gasteiger charge is 1.97. The molecule has 2 heteroatoms. The molecule has 1 radical (unpaired) electrons.